The van der Waals surface area contributed by atoms with Gasteiger partial charge in [0.05, 0.1) is 0 Å². The van der Waals surface area contributed by atoms with Gasteiger partial charge in [-0.15, -0.1) is 6.58 Å². The Hall–Kier alpha value is -2.03. The molecule has 160 valence electrons. The molecule has 1 aromatic heterocycles. The number of hydrogen-bond donors (Lipinski definition) is 0. The predicted octanol–water partition coefficient (Wildman–Crippen LogP) is 7.72. The second-order valence-corrected chi connectivity index (χ2v) is 9.46. The Kier molecular flexibility index (Phi) is 7.30. The van der Waals surface area contributed by atoms with E-state index in [9.17, 15) is 4.39 Å². The van der Waals surface area contributed by atoms with Crippen LogP contribution in [0.1, 0.15) is 82.1 Å². The van der Waals surface area contributed by atoms with Crippen LogP contribution in [0.4, 0.5) is 4.39 Å². The Morgan fingerprint density at radius 2 is 1.47 bits per heavy atom. The predicted molar refractivity (Wildman–Crippen MR) is 122 cm³/mol. The standard InChI is InChI=1S/C27H35FN2/c1-2-3-4-5-20-6-8-21(9-7-20)22-10-12-23(13-11-22)25-18-29-27(30-19-25)24-14-16-26(28)17-15-24/h2,14-23H,1,3-13H2. The van der Waals surface area contributed by atoms with Crippen molar-refractivity contribution in [2.75, 3.05) is 0 Å². The quantitative estimate of drug-likeness (QED) is 0.347. The Labute approximate surface area is 181 Å². The number of nitrogens with zero attached hydrogens (tertiary/aromatic N) is 2. The van der Waals surface area contributed by atoms with E-state index >= 15 is 0 Å². The van der Waals surface area contributed by atoms with E-state index in [1.807, 2.05) is 12.4 Å². The van der Waals surface area contributed by atoms with Crippen LogP contribution in [-0.2, 0) is 0 Å². The van der Waals surface area contributed by atoms with Gasteiger partial charge in [-0.2, -0.15) is 0 Å². The first-order chi connectivity index (χ1) is 14.7. The molecule has 4 rings (SSSR count). The summed E-state index contributed by atoms with van der Waals surface area (Å²) < 4.78 is 13.1. The summed E-state index contributed by atoms with van der Waals surface area (Å²) in [5, 5.41) is 0. The second-order valence-electron chi connectivity index (χ2n) is 9.46. The number of unbranched alkanes of at least 4 members (excludes halogenated alkanes) is 1. The summed E-state index contributed by atoms with van der Waals surface area (Å²) in [6, 6.07) is 6.40. The van der Waals surface area contributed by atoms with E-state index in [1.54, 1.807) is 12.1 Å². The zero-order chi connectivity index (χ0) is 20.8. The molecule has 1 aromatic carbocycles. The molecule has 2 saturated carbocycles. The Morgan fingerprint density at radius 1 is 0.867 bits per heavy atom. The molecule has 2 aliphatic carbocycles. The summed E-state index contributed by atoms with van der Waals surface area (Å²) in [6.45, 7) is 3.85. The van der Waals surface area contributed by atoms with Gasteiger partial charge in [0.2, 0.25) is 0 Å². The molecule has 0 aliphatic heterocycles. The van der Waals surface area contributed by atoms with E-state index in [0.717, 1.165) is 23.3 Å². The minimum absolute atomic E-state index is 0.228. The van der Waals surface area contributed by atoms with Gasteiger partial charge in [0.25, 0.3) is 0 Å². The highest BCUT2D eigenvalue weighted by atomic mass is 19.1. The summed E-state index contributed by atoms with van der Waals surface area (Å²) in [7, 11) is 0. The number of allylic oxidation sites excluding steroid dienone is 1. The molecule has 3 heteroatoms. The maximum atomic E-state index is 13.1. The van der Waals surface area contributed by atoms with Crippen LogP contribution in [0.5, 0.6) is 0 Å². The molecule has 1 heterocycles. The first-order valence-corrected chi connectivity index (χ1v) is 11.9. The lowest BCUT2D eigenvalue weighted by Gasteiger charge is -2.38. The molecule has 30 heavy (non-hydrogen) atoms. The average molecular weight is 407 g/mol. The fraction of sp³-hybridized carbons (Fsp3) is 0.556. The van der Waals surface area contributed by atoms with E-state index < -0.39 is 0 Å². The Morgan fingerprint density at radius 3 is 2.07 bits per heavy atom. The zero-order valence-corrected chi connectivity index (χ0v) is 18.1. The van der Waals surface area contributed by atoms with Gasteiger partial charge in [-0.1, -0.05) is 25.3 Å². The van der Waals surface area contributed by atoms with Crippen molar-refractivity contribution < 1.29 is 4.39 Å². The number of halogens is 1. The smallest absolute Gasteiger partial charge is 0.159 e. The lowest BCUT2D eigenvalue weighted by molar-refractivity contribution is 0.156. The molecule has 2 nitrogen and oxygen atoms in total. The number of aromatic nitrogens is 2. The first-order valence-electron chi connectivity index (χ1n) is 11.9. The highest BCUT2D eigenvalue weighted by Crippen LogP contribution is 2.44. The largest absolute Gasteiger partial charge is 0.236 e. The number of rotatable bonds is 7. The first kappa shape index (κ1) is 21.2. The molecule has 0 atom stereocenters. The van der Waals surface area contributed by atoms with Crippen LogP contribution in [0.25, 0.3) is 11.4 Å². The molecule has 0 N–H and O–H groups in total. The summed E-state index contributed by atoms with van der Waals surface area (Å²) >= 11 is 0. The average Bonchev–Trinajstić information content (AvgIpc) is 2.81. The van der Waals surface area contributed by atoms with Crippen LogP contribution in [0.15, 0.2) is 49.3 Å². The van der Waals surface area contributed by atoms with Gasteiger partial charge in [-0.05, 0) is 105 Å². The third-order valence-corrected chi connectivity index (χ3v) is 7.60. The van der Waals surface area contributed by atoms with E-state index in [2.05, 4.69) is 22.6 Å². The summed E-state index contributed by atoms with van der Waals surface area (Å²) in [5.74, 6) is 3.90. The van der Waals surface area contributed by atoms with E-state index in [4.69, 9.17) is 0 Å². The van der Waals surface area contributed by atoms with Crippen molar-refractivity contribution in [2.24, 2.45) is 17.8 Å². The second kappa shape index (κ2) is 10.3. The van der Waals surface area contributed by atoms with Crippen molar-refractivity contribution in [2.45, 2.75) is 76.5 Å². The minimum atomic E-state index is -0.228. The summed E-state index contributed by atoms with van der Waals surface area (Å²) in [6.07, 6.45) is 21.0. The maximum Gasteiger partial charge on any atom is 0.159 e. The van der Waals surface area contributed by atoms with Crippen LogP contribution >= 0.6 is 0 Å². The van der Waals surface area contributed by atoms with Gasteiger partial charge in [0.1, 0.15) is 5.82 Å². The number of benzene rings is 1. The van der Waals surface area contributed by atoms with Gasteiger partial charge >= 0.3 is 0 Å². The normalized spacial score (nSPS) is 27.0. The molecular weight excluding hydrogens is 371 g/mol. The minimum Gasteiger partial charge on any atom is -0.236 e. The lowest BCUT2D eigenvalue weighted by Crippen LogP contribution is -2.25. The SMILES string of the molecule is C=CCCCC1CCC(C2CCC(c3cnc(-c4ccc(F)cc4)nc3)CC2)CC1. The van der Waals surface area contributed by atoms with Crippen molar-refractivity contribution in [3.63, 3.8) is 0 Å². The Balaban J connectivity index is 1.25. The molecular formula is C27H35FN2. The van der Waals surface area contributed by atoms with Gasteiger partial charge in [-0.3, -0.25) is 0 Å². The van der Waals surface area contributed by atoms with Crippen LogP contribution < -0.4 is 0 Å². The third-order valence-electron chi connectivity index (χ3n) is 7.60. The number of hydrogen-bond acceptors (Lipinski definition) is 2. The molecule has 2 aliphatic rings. The molecule has 2 fully saturated rings. The molecule has 2 aromatic rings. The molecule has 0 saturated heterocycles. The molecule has 0 amide bonds. The van der Waals surface area contributed by atoms with E-state index in [-0.39, 0.29) is 5.82 Å². The van der Waals surface area contributed by atoms with Crippen LogP contribution in [-0.4, -0.2) is 9.97 Å². The summed E-state index contributed by atoms with van der Waals surface area (Å²) in [4.78, 5) is 9.12. The van der Waals surface area contributed by atoms with Gasteiger partial charge in [-0.25, -0.2) is 14.4 Å². The van der Waals surface area contributed by atoms with Gasteiger partial charge in [0, 0.05) is 18.0 Å². The fourth-order valence-corrected chi connectivity index (χ4v) is 5.72. The van der Waals surface area contributed by atoms with Crippen molar-refractivity contribution in [1.29, 1.82) is 0 Å². The highest BCUT2D eigenvalue weighted by Gasteiger charge is 2.31. The Bertz CT molecular complexity index is 783. The van der Waals surface area contributed by atoms with Crippen LogP contribution in [0.3, 0.4) is 0 Å². The van der Waals surface area contributed by atoms with Gasteiger partial charge in [0.15, 0.2) is 5.82 Å². The van der Waals surface area contributed by atoms with Crippen molar-refractivity contribution in [3.05, 3.63) is 60.7 Å². The summed E-state index contributed by atoms with van der Waals surface area (Å²) in [5.41, 5.74) is 2.14. The van der Waals surface area contributed by atoms with E-state index in [0.29, 0.717) is 11.7 Å². The van der Waals surface area contributed by atoms with Gasteiger partial charge < -0.3 is 0 Å². The molecule has 0 bridgehead atoms. The fourth-order valence-electron chi connectivity index (χ4n) is 5.72. The topological polar surface area (TPSA) is 25.8 Å². The van der Waals surface area contributed by atoms with Crippen LogP contribution in [0, 0.1) is 23.6 Å². The lowest BCUT2D eigenvalue weighted by atomic mass is 9.68. The molecule has 0 unspecified atom stereocenters. The highest BCUT2D eigenvalue weighted by molar-refractivity contribution is 5.54. The van der Waals surface area contributed by atoms with Crippen LogP contribution in [0.2, 0.25) is 0 Å². The van der Waals surface area contributed by atoms with E-state index in [1.165, 1.54) is 88.3 Å². The third kappa shape index (κ3) is 5.36. The van der Waals surface area contributed by atoms with Crippen molar-refractivity contribution in [1.82, 2.24) is 9.97 Å². The zero-order valence-electron chi connectivity index (χ0n) is 18.1. The molecule has 0 spiro atoms. The van der Waals surface area contributed by atoms with Crippen molar-refractivity contribution >= 4 is 0 Å². The van der Waals surface area contributed by atoms with Crippen molar-refractivity contribution in [3.8, 4) is 11.4 Å². The molecule has 0 radical (unpaired) electrons. The monoisotopic (exact) mass is 406 g/mol. The maximum absolute atomic E-state index is 13.1.